The van der Waals surface area contributed by atoms with E-state index in [0.29, 0.717) is 12.6 Å². The molecule has 1 saturated heterocycles. The minimum Gasteiger partial charge on any atom is -0.395 e. The molecule has 3 nitrogen and oxygen atoms in total. The van der Waals surface area contributed by atoms with Crippen LogP contribution in [0.3, 0.4) is 0 Å². The van der Waals surface area contributed by atoms with Gasteiger partial charge in [0.15, 0.2) is 0 Å². The third kappa shape index (κ3) is 2.26. The van der Waals surface area contributed by atoms with E-state index in [4.69, 9.17) is 9.84 Å². The molecule has 0 spiro atoms. The zero-order valence-electron chi connectivity index (χ0n) is 4.76. The molecule has 0 aliphatic carbocycles. The van der Waals surface area contributed by atoms with Gasteiger partial charge in [-0.3, -0.25) is 0 Å². The highest BCUT2D eigenvalue weighted by atomic mass is 16.6. The Balaban J connectivity index is 1.74. The Bertz CT molecular complexity index is 63.4. The van der Waals surface area contributed by atoms with Crippen molar-refractivity contribution in [1.29, 1.82) is 0 Å². The van der Waals surface area contributed by atoms with Gasteiger partial charge in [0.1, 0.15) is 0 Å². The van der Waals surface area contributed by atoms with Crippen molar-refractivity contribution in [3.63, 3.8) is 0 Å². The molecular formula is C5H11NO2. The Morgan fingerprint density at radius 3 is 3.00 bits per heavy atom. The lowest BCUT2D eigenvalue weighted by atomic mass is 10.5. The number of nitrogens with one attached hydrogen (secondary N) is 1. The Kier molecular flexibility index (Phi) is 2.27. The molecule has 0 aromatic rings. The van der Waals surface area contributed by atoms with Crippen LogP contribution < -0.4 is 5.32 Å². The van der Waals surface area contributed by atoms with Crippen LogP contribution in [0.1, 0.15) is 0 Å². The predicted octanol–water partition coefficient (Wildman–Crippen LogP) is -1.03. The summed E-state index contributed by atoms with van der Waals surface area (Å²) >= 11 is 0. The first kappa shape index (κ1) is 6.01. The first-order valence-corrected chi connectivity index (χ1v) is 2.86. The number of hydrogen-bond donors (Lipinski definition) is 2. The Labute approximate surface area is 48.7 Å². The highest BCUT2D eigenvalue weighted by Gasteiger charge is 2.20. The predicted molar refractivity (Wildman–Crippen MR) is 29.7 cm³/mol. The molecule has 1 fully saturated rings. The van der Waals surface area contributed by atoms with Crippen LogP contribution >= 0.6 is 0 Å². The molecule has 1 aliphatic heterocycles. The van der Waals surface area contributed by atoms with E-state index < -0.39 is 0 Å². The van der Waals surface area contributed by atoms with Crippen molar-refractivity contribution >= 4 is 0 Å². The van der Waals surface area contributed by atoms with Gasteiger partial charge in [-0.05, 0) is 0 Å². The minimum atomic E-state index is 0.215. The third-order valence-electron chi connectivity index (χ3n) is 1.06. The molecule has 1 atom stereocenters. The van der Waals surface area contributed by atoms with E-state index in [0.717, 1.165) is 13.2 Å². The van der Waals surface area contributed by atoms with Gasteiger partial charge in [0, 0.05) is 13.1 Å². The van der Waals surface area contributed by atoms with Crippen LogP contribution in [0.2, 0.25) is 0 Å². The van der Waals surface area contributed by atoms with Gasteiger partial charge >= 0.3 is 0 Å². The summed E-state index contributed by atoms with van der Waals surface area (Å²) in [5.41, 5.74) is 0. The van der Waals surface area contributed by atoms with Crippen LogP contribution in [0.4, 0.5) is 0 Å². The molecule has 0 saturated carbocycles. The van der Waals surface area contributed by atoms with Crippen molar-refractivity contribution in [1.82, 2.24) is 5.32 Å². The van der Waals surface area contributed by atoms with E-state index in [-0.39, 0.29) is 6.61 Å². The SMILES string of the molecule is OCCNCC1CO1. The van der Waals surface area contributed by atoms with Crippen molar-refractivity contribution < 1.29 is 9.84 Å². The summed E-state index contributed by atoms with van der Waals surface area (Å²) in [7, 11) is 0. The number of aliphatic hydroxyl groups excluding tert-OH is 1. The topological polar surface area (TPSA) is 44.8 Å². The third-order valence-corrected chi connectivity index (χ3v) is 1.06. The second-order valence-corrected chi connectivity index (χ2v) is 1.88. The summed E-state index contributed by atoms with van der Waals surface area (Å²) < 4.78 is 4.91. The van der Waals surface area contributed by atoms with E-state index >= 15 is 0 Å². The van der Waals surface area contributed by atoms with Gasteiger partial charge in [-0.1, -0.05) is 0 Å². The van der Waals surface area contributed by atoms with Gasteiger partial charge in [0.05, 0.1) is 19.3 Å². The normalized spacial score (nSPS) is 25.9. The zero-order valence-corrected chi connectivity index (χ0v) is 4.76. The molecule has 0 bridgehead atoms. The monoisotopic (exact) mass is 117 g/mol. The van der Waals surface area contributed by atoms with Gasteiger partial charge in [-0.15, -0.1) is 0 Å². The molecule has 0 radical (unpaired) electrons. The second kappa shape index (κ2) is 3.02. The molecule has 8 heavy (non-hydrogen) atoms. The van der Waals surface area contributed by atoms with Crippen LogP contribution in [-0.2, 0) is 4.74 Å². The molecule has 0 aromatic carbocycles. The van der Waals surface area contributed by atoms with E-state index in [1.165, 1.54) is 0 Å². The van der Waals surface area contributed by atoms with Crippen molar-refractivity contribution in [3.05, 3.63) is 0 Å². The first-order valence-electron chi connectivity index (χ1n) is 2.86. The summed E-state index contributed by atoms with van der Waals surface area (Å²) in [6, 6.07) is 0. The fourth-order valence-corrected chi connectivity index (χ4v) is 0.528. The Hall–Kier alpha value is -0.120. The molecule has 1 rings (SSSR count). The highest BCUT2D eigenvalue weighted by molar-refractivity contribution is 4.70. The van der Waals surface area contributed by atoms with E-state index in [1.807, 2.05) is 0 Å². The Morgan fingerprint density at radius 1 is 1.75 bits per heavy atom. The lowest BCUT2D eigenvalue weighted by molar-refractivity contribution is 0.288. The number of rotatable bonds is 4. The quantitative estimate of drug-likeness (QED) is 0.365. The fraction of sp³-hybridized carbons (Fsp3) is 1.00. The minimum absolute atomic E-state index is 0.215. The maximum atomic E-state index is 8.30. The van der Waals surface area contributed by atoms with Gasteiger partial charge in [-0.25, -0.2) is 0 Å². The molecule has 2 N–H and O–H groups in total. The van der Waals surface area contributed by atoms with E-state index in [9.17, 15) is 0 Å². The summed E-state index contributed by atoms with van der Waals surface area (Å²) in [5.74, 6) is 0. The van der Waals surface area contributed by atoms with Gasteiger partial charge in [0.25, 0.3) is 0 Å². The lowest BCUT2D eigenvalue weighted by Crippen LogP contribution is -2.22. The van der Waals surface area contributed by atoms with Crippen molar-refractivity contribution in [2.45, 2.75) is 6.10 Å². The zero-order chi connectivity index (χ0) is 5.82. The molecule has 0 aromatic heterocycles. The largest absolute Gasteiger partial charge is 0.395 e. The molecule has 1 heterocycles. The van der Waals surface area contributed by atoms with Gasteiger partial charge in [0.2, 0.25) is 0 Å². The molecular weight excluding hydrogens is 106 g/mol. The molecule has 1 unspecified atom stereocenters. The van der Waals surface area contributed by atoms with Gasteiger partial charge in [-0.2, -0.15) is 0 Å². The number of epoxide rings is 1. The van der Waals surface area contributed by atoms with Crippen LogP contribution in [0.15, 0.2) is 0 Å². The molecule has 1 aliphatic rings. The summed E-state index contributed by atoms with van der Waals surface area (Å²) in [6.45, 7) is 2.67. The van der Waals surface area contributed by atoms with Crippen molar-refractivity contribution in [2.75, 3.05) is 26.3 Å². The molecule has 3 heteroatoms. The smallest absolute Gasteiger partial charge is 0.0933 e. The van der Waals surface area contributed by atoms with E-state index in [2.05, 4.69) is 5.32 Å². The lowest BCUT2D eigenvalue weighted by Gasteiger charge is -1.95. The summed E-state index contributed by atoms with van der Waals surface area (Å²) in [6.07, 6.45) is 0.432. The fourth-order valence-electron chi connectivity index (χ4n) is 0.528. The highest BCUT2D eigenvalue weighted by Crippen LogP contribution is 2.05. The molecule has 48 valence electrons. The maximum Gasteiger partial charge on any atom is 0.0933 e. The van der Waals surface area contributed by atoms with Crippen LogP contribution in [0.5, 0.6) is 0 Å². The van der Waals surface area contributed by atoms with Crippen LogP contribution in [0, 0.1) is 0 Å². The average molecular weight is 117 g/mol. The molecule has 0 amide bonds. The number of hydrogen-bond acceptors (Lipinski definition) is 3. The second-order valence-electron chi connectivity index (χ2n) is 1.88. The van der Waals surface area contributed by atoms with Crippen LogP contribution in [-0.4, -0.2) is 37.5 Å². The van der Waals surface area contributed by atoms with E-state index in [1.54, 1.807) is 0 Å². The first-order chi connectivity index (χ1) is 3.93. The number of ether oxygens (including phenoxy) is 1. The van der Waals surface area contributed by atoms with Crippen molar-refractivity contribution in [3.8, 4) is 0 Å². The van der Waals surface area contributed by atoms with Crippen LogP contribution in [0.25, 0.3) is 0 Å². The van der Waals surface area contributed by atoms with Gasteiger partial charge < -0.3 is 15.2 Å². The van der Waals surface area contributed by atoms with Crippen molar-refractivity contribution in [2.24, 2.45) is 0 Å². The summed E-state index contributed by atoms with van der Waals surface area (Å²) in [4.78, 5) is 0. The Morgan fingerprint density at radius 2 is 2.50 bits per heavy atom. The number of aliphatic hydroxyl groups is 1. The summed E-state index contributed by atoms with van der Waals surface area (Å²) in [5, 5.41) is 11.3. The standard InChI is InChI=1S/C5H11NO2/c7-2-1-6-3-5-4-8-5/h5-7H,1-4H2. The average Bonchev–Trinajstić information content (AvgIpc) is 2.51. The maximum absolute atomic E-state index is 8.30.